The second-order valence-electron chi connectivity index (χ2n) is 4.51. The predicted molar refractivity (Wildman–Crippen MR) is 74.0 cm³/mol. The first kappa shape index (κ1) is 12.9. The minimum Gasteiger partial charge on any atom is -0.370 e. The molecule has 2 nitrogen and oxygen atoms in total. The first-order valence-electron chi connectivity index (χ1n) is 6.30. The number of terminal acetylenes is 1. The molecule has 0 saturated carbocycles. The van der Waals surface area contributed by atoms with Crippen molar-refractivity contribution in [2.24, 2.45) is 0 Å². The van der Waals surface area contributed by atoms with Gasteiger partial charge in [0.05, 0.1) is 18.8 Å². The Morgan fingerprint density at radius 3 is 2.89 bits per heavy atom. The van der Waals surface area contributed by atoms with Crippen molar-refractivity contribution in [2.45, 2.75) is 25.2 Å². The van der Waals surface area contributed by atoms with Gasteiger partial charge in [0.25, 0.3) is 0 Å². The van der Waals surface area contributed by atoms with E-state index in [0.29, 0.717) is 12.6 Å². The smallest absolute Gasteiger partial charge is 0.0897 e. The molecule has 0 aromatic heterocycles. The zero-order valence-corrected chi connectivity index (χ0v) is 10.6. The highest BCUT2D eigenvalue weighted by atomic mass is 16.5. The molecule has 1 aliphatic rings. The van der Waals surface area contributed by atoms with Crippen molar-refractivity contribution in [2.75, 3.05) is 13.1 Å². The summed E-state index contributed by atoms with van der Waals surface area (Å²) in [4.78, 5) is 2.31. The summed E-state index contributed by atoms with van der Waals surface area (Å²) in [5, 5.41) is 0. The zero-order chi connectivity index (χ0) is 12.8. The Labute approximate surface area is 109 Å². The molecule has 0 unspecified atom stereocenters. The summed E-state index contributed by atoms with van der Waals surface area (Å²) in [6.07, 6.45) is 8.27. The largest absolute Gasteiger partial charge is 0.370 e. The van der Waals surface area contributed by atoms with E-state index in [4.69, 9.17) is 11.2 Å². The molecule has 1 fully saturated rings. The van der Waals surface area contributed by atoms with Crippen LogP contribution in [0.5, 0.6) is 0 Å². The Balaban J connectivity index is 1.78. The number of rotatable bonds is 6. The summed E-state index contributed by atoms with van der Waals surface area (Å²) in [5.41, 5.74) is 1.21. The van der Waals surface area contributed by atoms with Gasteiger partial charge in [0.15, 0.2) is 0 Å². The fraction of sp³-hybridized carbons (Fsp3) is 0.375. The van der Waals surface area contributed by atoms with Crippen molar-refractivity contribution in [3.05, 3.63) is 48.6 Å². The maximum Gasteiger partial charge on any atom is 0.0897 e. The minimum atomic E-state index is 0.250. The average molecular weight is 241 g/mol. The second-order valence-corrected chi connectivity index (χ2v) is 4.51. The van der Waals surface area contributed by atoms with Crippen LogP contribution in [0.4, 0.5) is 0 Å². The molecule has 1 aromatic rings. The Hall–Kier alpha value is -1.56. The highest BCUT2D eigenvalue weighted by Crippen LogP contribution is 2.23. The molecule has 2 heteroatoms. The van der Waals surface area contributed by atoms with Gasteiger partial charge >= 0.3 is 0 Å². The van der Waals surface area contributed by atoms with Crippen LogP contribution in [0.2, 0.25) is 0 Å². The lowest BCUT2D eigenvalue weighted by Crippen LogP contribution is -2.60. The molecule has 0 radical (unpaired) electrons. The molecule has 2 rings (SSSR count). The van der Waals surface area contributed by atoms with Crippen molar-refractivity contribution in [3.63, 3.8) is 0 Å². The van der Waals surface area contributed by atoms with E-state index >= 15 is 0 Å². The fourth-order valence-electron chi connectivity index (χ4n) is 2.24. The minimum absolute atomic E-state index is 0.250. The molecule has 1 aromatic carbocycles. The molecule has 94 valence electrons. The Bertz CT molecular complexity index is 420. The van der Waals surface area contributed by atoms with E-state index in [1.54, 1.807) is 0 Å². The van der Waals surface area contributed by atoms with Gasteiger partial charge in [-0.15, -0.1) is 18.9 Å². The van der Waals surface area contributed by atoms with E-state index < -0.39 is 0 Å². The summed E-state index contributed by atoms with van der Waals surface area (Å²) in [5.74, 6) is 2.67. The number of hydrogen-bond donors (Lipinski definition) is 0. The molecule has 1 saturated heterocycles. The number of benzene rings is 1. The summed E-state index contributed by atoms with van der Waals surface area (Å²) < 4.78 is 5.91. The van der Waals surface area contributed by atoms with E-state index in [-0.39, 0.29) is 6.10 Å². The van der Waals surface area contributed by atoms with E-state index in [9.17, 15) is 0 Å². The Morgan fingerprint density at radius 1 is 1.44 bits per heavy atom. The number of likely N-dealkylation sites (tertiary alicyclic amines) is 1. The standard InChI is InChI=1S/C16H19NO/c1-3-5-11-17-12-16(15(17)4-2)18-13-14-9-7-6-8-10-14/h1,4,6-10,15-16H,2,5,11-13H2/t15-,16-/m0/s1. The van der Waals surface area contributed by atoms with Gasteiger partial charge in [0.1, 0.15) is 0 Å². The molecular formula is C16H19NO. The zero-order valence-electron chi connectivity index (χ0n) is 10.6. The highest BCUT2D eigenvalue weighted by molar-refractivity contribution is 5.14. The SMILES string of the molecule is C#CCCN1C[C@H](OCc2ccccc2)[C@@H]1C=C. The quantitative estimate of drug-likeness (QED) is 0.560. The van der Waals surface area contributed by atoms with Gasteiger partial charge in [-0.25, -0.2) is 0 Å². The first-order valence-corrected chi connectivity index (χ1v) is 6.30. The van der Waals surface area contributed by atoms with Gasteiger partial charge in [0, 0.05) is 19.5 Å². The maximum absolute atomic E-state index is 5.91. The first-order chi connectivity index (χ1) is 8.85. The molecule has 0 amide bonds. The molecule has 1 aliphatic heterocycles. The van der Waals surface area contributed by atoms with Crippen molar-refractivity contribution >= 4 is 0 Å². The summed E-state index contributed by atoms with van der Waals surface area (Å²) in [6.45, 7) is 6.42. The van der Waals surface area contributed by atoms with Gasteiger partial charge in [-0.3, -0.25) is 4.90 Å². The topological polar surface area (TPSA) is 12.5 Å². The fourth-order valence-corrected chi connectivity index (χ4v) is 2.24. The van der Waals surface area contributed by atoms with E-state index in [2.05, 4.69) is 29.5 Å². The predicted octanol–water partition coefficient (Wildman–Crippen LogP) is 2.47. The van der Waals surface area contributed by atoms with Crippen LogP contribution in [0.15, 0.2) is 43.0 Å². The maximum atomic E-state index is 5.91. The molecular weight excluding hydrogens is 222 g/mol. The average Bonchev–Trinajstić information content (AvgIpc) is 2.39. The van der Waals surface area contributed by atoms with Crippen LogP contribution in [-0.2, 0) is 11.3 Å². The van der Waals surface area contributed by atoms with Gasteiger partial charge < -0.3 is 4.74 Å². The lowest BCUT2D eigenvalue weighted by atomic mass is 9.99. The van der Waals surface area contributed by atoms with Crippen LogP contribution in [0, 0.1) is 12.3 Å². The third-order valence-corrected chi connectivity index (χ3v) is 3.31. The van der Waals surface area contributed by atoms with E-state index in [1.807, 2.05) is 24.3 Å². The lowest BCUT2D eigenvalue weighted by Gasteiger charge is -2.46. The number of ether oxygens (including phenoxy) is 1. The summed E-state index contributed by atoms with van der Waals surface area (Å²) in [6, 6.07) is 10.5. The summed E-state index contributed by atoms with van der Waals surface area (Å²) in [7, 11) is 0. The third-order valence-electron chi connectivity index (χ3n) is 3.31. The normalized spacial score (nSPS) is 23.1. The van der Waals surface area contributed by atoms with Crippen LogP contribution in [0.25, 0.3) is 0 Å². The van der Waals surface area contributed by atoms with Crippen LogP contribution in [0.3, 0.4) is 0 Å². The van der Waals surface area contributed by atoms with Crippen molar-refractivity contribution in [3.8, 4) is 12.3 Å². The van der Waals surface area contributed by atoms with Crippen molar-refractivity contribution < 1.29 is 4.74 Å². The molecule has 18 heavy (non-hydrogen) atoms. The van der Waals surface area contributed by atoms with Gasteiger partial charge in [-0.1, -0.05) is 36.4 Å². The van der Waals surface area contributed by atoms with Crippen LogP contribution in [0.1, 0.15) is 12.0 Å². The highest BCUT2D eigenvalue weighted by Gasteiger charge is 2.36. The van der Waals surface area contributed by atoms with Crippen molar-refractivity contribution in [1.29, 1.82) is 0 Å². The van der Waals surface area contributed by atoms with Crippen LogP contribution in [-0.4, -0.2) is 30.1 Å². The lowest BCUT2D eigenvalue weighted by molar-refractivity contribution is -0.0915. The number of nitrogens with zero attached hydrogens (tertiary/aromatic N) is 1. The molecule has 0 N–H and O–H groups in total. The van der Waals surface area contributed by atoms with Crippen molar-refractivity contribution in [1.82, 2.24) is 4.90 Å². The molecule has 0 aliphatic carbocycles. The van der Waals surface area contributed by atoms with Gasteiger partial charge in [0.2, 0.25) is 0 Å². The summed E-state index contributed by atoms with van der Waals surface area (Å²) >= 11 is 0. The number of hydrogen-bond acceptors (Lipinski definition) is 2. The molecule has 2 atom stereocenters. The molecule has 1 heterocycles. The van der Waals surface area contributed by atoms with Gasteiger partial charge in [-0.05, 0) is 5.56 Å². The van der Waals surface area contributed by atoms with Crippen LogP contribution < -0.4 is 0 Å². The molecule has 0 spiro atoms. The third kappa shape index (κ3) is 3.01. The van der Waals surface area contributed by atoms with E-state index in [0.717, 1.165) is 19.5 Å². The Kier molecular flexibility index (Phi) is 4.58. The van der Waals surface area contributed by atoms with Crippen LogP contribution >= 0.6 is 0 Å². The Morgan fingerprint density at radius 2 is 2.22 bits per heavy atom. The monoisotopic (exact) mass is 241 g/mol. The second kappa shape index (κ2) is 6.39. The molecule has 0 bridgehead atoms. The van der Waals surface area contributed by atoms with Gasteiger partial charge in [-0.2, -0.15) is 0 Å². The van der Waals surface area contributed by atoms with E-state index in [1.165, 1.54) is 5.56 Å².